The van der Waals surface area contributed by atoms with Crippen molar-refractivity contribution < 1.29 is 9.32 Å². The Balaban J connectivity index is 1.55. The lowest BCUT2D eigenvalue weighted by molar-refractivity contribution is 0.250. The highest BCUT2D eigenvalue weighted by atomic mass is 32.1. The van der Waals surface area contributed by atoms with Gasteiger partial charge in [-0.05, 0) is 37.5 Å². The number of benzene rings is 1. The van der Waals surface area contributed by atoms with Gasteiger partial charge in [-0.15, -0.1) is 11.3 Å². The van der Waals surface area contributed by atoms with Gasteiger partial charge < -0.3 is 15.2 Å². The largest absolute Gasteiger partial charge is 0.359 e. The van der Waals surface area contributed by atoms with Crippen molar-refractivity contribution in [1.82, 2.24) is 15.5 Å². The van der Waals surface area contributed by atoms with Gasteiger partial charge in [0.15, 0.2) is 5.76 Å². The van der Waals surface area contributed by atoms with Crippen LogP contribution in [-0.4, -0.2) is 16.2 Å². The number of rotatable bonds is 5. The number of thiazole rings is 1. The molecule has 0 saturated heterocycles. The molecule has 3 rings (SSSR count). The Morgan fingerprint density at radius 2 is 2.17 bits per heavy atom. The van der Waals surface area contributed by atoms with Crippen LogP contribution in [0.25, 0.3) is 10.2 Å². The summed E-state index contributed by atoms with van der Waals surface area (Å²) < 4.78 is 6.28. The predicted octanol–water partition coefficient (Wildman–Crippen LogP) is 4.11. The van der Waals surface area contributed by atoms with Crippen molar-refractivity contribution in [1.29, 1.82) is 0 Å². The highest BCUT2D eigenvalue weighted by Gasteiger charge is 2.09. The van der Waals surface area contributed by atoms with Crippen LogP contribution in [0.5, 0.6) is 0 Å². The molecule has 2 heterocycles. The van der Waals surface area contributed by atoms with Crippen LogP contribution >= 0.6 is 11.3 Å². The third-order valence-corrected chi connectivity index (χ3v) is 4.34. The number of carbonyl (C=O) groups excluding carboxylic acids is 1. The Morgan fingerprint density at radius 1 is 1.33 bits per heavy atom. The van der Waals surface area contributed by atoms with Crippen LogP contribution in [0.1, 0.15) is 30.3 Å². The van der Waals surface area contributed by atoms with Gasteiger partial charge in [-0.1, -0.05) is 19.0 Å². The fourth-order valence-electron chi connectivity index (χ4n) is 2.41. The lowest BCUT2D eigenvalue weighted by Crippen LogP contribution is -2.27. The Bertz CT molecular complexity index is 853. The second-order valence-electron chi connectivity index (χ2n) is 6.11. The smallest absolute Gasteiger partial charge is 0.319 e. The molecule has 0 bridgehead atoms. The van der Waals surface area contributed by atoms with Crippen LogP contribution < -0.4 is 10.6 Å². The SMILES string of the molecule is Cc1nc2ccc(NC(=O)NCc3cc(CC(C)C)no3)cc2s1. The second kappa shape index (κ2) is 7.00. The average Bonchev–Trinajstić information content (AvgIpc) is 3.09. The van der Waals surface area contributed by atoms with Gasteiger partial charge in [0, 0.05) is 11.8 Å². The van der Waals surface area contributed by atoms with Gasteiger partial charge >= 0.3 is 6.03 Å². The topological polar surface area (TPSA) is 80.0 Å². The van der Waals surface area contributed by atoms with E-state index in [-0.39, 0.29) is 6.03 Å². The number of hydrogen-bond donors (Lipinski definition) is 2. The minimum Gasteiger partial charge on any atom is -0.359 e. The van der Waals surface area contributed by atoms with E-state index in [0.29, 0.717) is 18.2 Å². The summed E-state index contributed by atoms with van der Waals surface area (Å²) in [5.74, 6) is 1.17. The zero-order valence-electron chi connectivity index (χ0n) is 13.9. The van der Waals surface area contributed by atoms with E-state index in [1.54, 1.807) is 11.3 Å². The first-order valence-electron chi connectivity index (χ1n) is 7.86. The Hall–Kier alpha value is -2.41. The molecule has 0 aliphatic carbocycles. The molecule has 0 fully saturated rings. The fourth-order valence-corrected chi connectivity index (χ4v) is 3.28. The van der Waals surface area contributed by atoms with E-state index in [2.05, 4.69) is 34.6 Å². The molecule has 0 aliphatic heterocycles. The second-order valence-corrected chi connectivity index (χ2v) is 7.34. The van der Waals surface area contributed by atoms with Crippen molar-refractivity contribution in [3.63, 3.8) is 0 Å². The zero-order chi connectivity index (χ0) is 17.1. The number of fused-ring (bicyclic) bond motifs is 1. The Morgan fingerprint density at radius 3 is 2.96 bits per heavy atom. The number of amides is 2. The first-order chi connectivity index (χ1) is 11.5. The Labute approximate surface area is 144 Å². The van der Waals surface area contributed by atoms with Crippen molar-refractivity contribution in [2.75, 3.05) is 5.32 Å². The predicted molar refractivity (Wildman–Crippen MR) is 95.3 cm³/mol. The number of nitrogens with zero attached hydrogens (tertiary/aromatic N) is 2. The van der Waals surface area contributed by atoms with Gasteiger partial charge in [0.05, 0.1) is 27.5 Å². The van der Waals surface area contributed by atoms with E-state index in [0.717, 1.165) is 33.0 Å². The zero-order valence-corrected chi connectivity index (χ0v) is 14.7. The van der Waals surface area contributed by atoms with E-state index in [1.165, 1.54) is 0 Å². The van der Waals surface area contributed by atoms with Gasteiger partial charge in [-0.25, -0.2) is 9.78 Å². The monoisotopic (exact) mass is 344 g/mol. The third-order valence-electron chi connectivity index (χ3n) is 3.40. The standard InChI is InChI=1S/C17H20N4O2S/c1-10(2)6-13-7-14(23-21-13)9-18-17(22)20-12-4-5-15-16(8-12)24-11(3)19-15/h4-5,7-8,10H,6,9H2,1-3H3,(H2,18,20,22). The summed E-state index contributed by atoms with van der Waals surface area (Å²) in [7, 11) is 0. The summed E-state index contributed by atoms with van der Waals surface area (Å²) in [6, 6.07) is 7.28. The maximum Gasteiger partial charge on any atom is 0.319 e. The van der Waals surface area contributed by atoms with Crippen LogP contribution in [0.2, 0.25) is 0 Å². The van der Waals surface area contributed by atoms with Gasteiger partial charge in [0.2, 0.25) is 0 Å². The quantitative estimate of drug-likeness (QED) is 0.730. The molecule has 2 amide bonds. The van der Waals surface area contributed by atoms with Gasteiger partial charge in [-0.3, -0.25) is 0 Å². The maximum atomic E-state index is 12.0. The van der Waals surface area contributed by atoms with E-state index < -0.39 is 0 Å². The molecule has 1 aromatic carbocycles. The van der Waals surface area contributed by atoms with Crippen molar-refractivity contribution in [2.45, 2.75) is 33.7 Å². The fraction of sp³-hybridized carbons (Fsp3) is 0.353. The minimum atomic E-state index is -0.280. The molecule has 0 unspecified atom stereocenters. The molecule has 0 radical (unpaired) electrons. The average molecular weight is 344 g/mol. The molecular weight excluding hydrogens is 324 g/mol. The van der Waals surface area contributed by atoms with Gasteiger partial charge in [0.25, 0.3) is 0 Å². The van der Waals surface area contributed by atoms with Crippen LogP contribution in [0.15, 0.2) is 28.8 Å². The van der Waals surface area contributed by atoms with E-state index in [9.17, 15) is 4.79 Å². The summed E-state index contributed by atoms with van der Waals surface area (Å²) in [6.45, 7) is 6.53. The van der Waals surface area contributed by atoms with Crippen LogP contribution in [-0.2, 0) is 13.0 Å². The van der Waals surface area contributed by atoms with E-state index >= 15 is 0 Å². The number of carbonyl (C=O) groups is 1. The molecule has 24 heavy (non-hydrogen) atoms. The van der Waals surface area contributed by atoms with Gasteiger partial charge in [-0.2, -0.15) is 0 Å². The summed E-state index contributed by atoms with van der Waals surface area (Å²) >= 11 is 1.61. The molecule has 0 saturated carbocycles. The van der Waals surface area contributed by atoms with E-state index in [1.807, 2.05) is 31.2 Å². The third kappa shape index (κ3) is 4.11. The molecule has 2 N–H and O–H groups in total. The molecule has 7 heteroatoms. The number of hydrogen-bond acceptors (Lipinski definition) is 5. The molecule has 0 atom stereocenters. The molecule has 6 nitrogen and oxygen atoms in total. The molecular formula is C17H20N4O2S. The first-order valence-corrected chi connectivity index (χ1v) is 8.68. The minimum absolute atomic E-state index is 0.280. The highest BCUT2D eigenvalue weighted by Crippen LogP contribution is 2.24. The molecule has 0 spiro atoms. The number of urea groups is 1. The number of aromatic nitrogens is 2. The summed E-state index contributed by atoms with van der Waals surface area (Å²) in [5.41, 5.74) is 2.60. The van der Waals surface area contributed by atoms with Crippen LogP contribution in [0, 0.1) is 12.8 Å². The van der Waals surface area contributed by atoms with Crippen molar-refractivity contribution in [3.05, 3.63) is 40.7 Å². The molecule has 3 aromatic rings. The first kappa shape index (κ1) is 16.4. The van der Waals surface area contributed by atoms with Gasteiger partial charge in [0.1, 0.15) is 0 Å². The van der Waals surface area contributed by atoms with Crippen LogP contribution in [0.4, 0.5) is 10.5 Å². The summed E-state index contributed by atoms with van der Waals surface area (Å²) in [4.78, 5) is 16.4. The lowest BCUT2D eigenvalue weighted by atomic mass is 10.1. The van der Waals surface area contributed by atoms with Crippen molar-refractivity contribution >= 4 is 33.3 Å². The molecule has 2 aromatic heterocycles. The van der Waals surface area contributed by atoms with Crippen molar-refractivity contribution in [3.8, 4) is 0 Å². The van der Waals surface area contributed by atoms with E-state index in [4.69, 9.17) is 4.52 Å². The normalized spacial score (nSPS) is 11.2. The van der Waals surface area contributed by atoms with Crippen molar-refractivity contribution in [2.24, 2.45) is 5.92 Å². The highest BCUT2D eigenvalue weighted by molar-refractivity contribution is 7.18. The lowest BCUT2D eigenvalue weighted by Gasteiger charge is -2.06. The summed E-state index contributed by atoms with van der Waals surface area (Å²) in [6.07, 6.45) is 0.865. The number of anilines is 1. The number of aryl methyl sites for hydroxylation is 1. The molecule has 0 aliphatic rings. The molecule has 126 valence electrons. The Kier molecular flexibility index (Phi) is 4.80. The summed E-state index contributed by atoms with van der Waals surface area (Å²) in [5, 5.41) is 10.6. The maximum absolute atomic E-state index is 12.0. The number of nitrogens with one attached hydrogen (secondary N) is 2. The van der Waals surface area contributed by atoms with Crippen LogP contribution in [0.3, 0.4) is 0 Å².